The molecule has 7 rings (SSSR count). The van der Waals surface area contributed by atoms with Gasteiger partial charge >= 0.3 is 5.97 Å². The maximum absolute atomic E-state index is 13.3. The Kier molecular flexibility index (Phi) is 4.81. The first-order valence-corrected chi connectivity index (χ1v) is 12.5. The van der Waals surface area contributed by atoms with Crippen molar-refractivity contribution in [1.82, 2.24) is 14.7 Å². The predicted molar refractivity (Wildman–Crippen MR) is 120 cm³/mol. The molecule has 1 amide bonds. The summed E-state index contributed by atoms with van der Waals surface area (Å²) in [5.41, 5.74) is 2.42. The zero-order valence-electron chi connectivity index (χ0n) is 18.6. The quantitative estimate of drug-likeness (QED) is 0.717. The van der Waals surface area contributed by atoms with Crippen LogP contribution in [0.25, 0.3) is 5.65 Å². The number of hydrogen-bond donors (Lipinski definition) is 2. The Labute approximate surface area is 188 Å². The standard InChI is InChI=1S/C26H33N3O3/c30-24(27-15-26-11-16-8-17(12-26)10-18(9-16)13-26)22-6-3-7-23-28-21(14-29(22)23)19-4-1-2-5-20(19)25(31)32/h3,6-7,14,16-20H,1-2,4-5,8-13,15H2,(H,27,30)(H,31,32)/t16?,17?,18?,19-,20+,26?/m0/s1. The van der Waals surface area contributed by atoms with Gasteiger partial charge in [0.05, 0.1) is 11.6 Å². The molecule has 0 aliphatic heterocycles. The van der Waals surface area contributed by atoms with Gasteiger partial charge in [-0.05, 0) is 86.7 Å². The third-order valence-corrected chi connectivity index (χ3v) is 9.00. The second kappa shape index (κ2) is 7.60. The molecule has 0 unspecified atom stereocenters. The third kappa shape index (κ3) is 3.43. The average Bonchev–Trinajstić information content (AvgIpc) is 3.21. The number of amides is 1. The molecule has 6 heteroatoms. The molecule has 32 heavy (non-hydrogen) atoms. The van der Waals surface area contributed by atoms with Gasteiger partial charge < -0.3 is 10.4 Å². The molecule has 170 valence electrons. The zero-order chi connectivity index (χ0) is 21.9. The van der Waals surface area contributed by atoms with Gasteiger partial charge in [-0.2, -0.15) is 0 Å². The number of imidazole rings is 1. The number of nitrogens with one attached hydrogen (secondary N) is 1. The summed E-state index contributed by atoms with van der Waals surface area (Å²) in [6.07, 6.45) is 13.5. The topological polar surface area (TPSA) is 83.7 Å². The molecule has 4 bridgehead atoms. The molecule has 5 aliphatic rings. The highest BCUT2D eigenvalue weighted by molar-refractivity contribution is 5.93. The maximum atomic E-state index is 13.3. The van der Waals surface area contributed by atoms with Crippen LogP contribution in [0.5, 0.6) is 0 Å². The summed E-state index contributed by atoms with van der Waals surface area (Å²) in [6, 6.07) is 5.63. The fourth-order valence-corrected chi connectivity index (χ4v) is 8.04. The summed E-state index contributed by atoms with van der Waals surface area (Å²) in [4.78, 5) is 29.8. The zero-order valence-corrected chi connectivity index (χ0v) is 18.6. The van der Waals surface area contributed by atoms with Gasteiger partial charge in [0.15, 0.2) is 0 Å². The lowest BCUT2D eigenvalue weighted by Gasteiger charge is -2.56. The van der Waals surface area contributed by atoms with Crippen molar-refractivity contribution in [2.45, 2.75) is 70.1 Å². The smallest absolute Gasteiger partial charge is 0.307 e. The first-order valence-electron chi connectivity index (χ1n) is 12.5. The first-order chi connectivity index (χ1) is 15.5. The molecule has 0 radical (unpaired) electrons. The molecule has 2 N–H and O–H groups in total. The van der Waals surface area contributed by atoms with Crippen LogP contribution in [0.2, 0.25) is 0 Å². The van der Waals surface area contributed by atoms with E-state index in [9.17, 15) is 14.7 Å². The lowest BCUT2D eigenvalue weighted by Crippen LogP contribution is -2.51. The predicted octanol–water partition coefficient (Wildman–Crippen LogP) is 4.64. The Balaban J connectivity index is 1.23. The van der Waals surface area contributed by atoms with Crippen molar-refractivity contribution >= 4 is 17.5 Å². The Morgan fingerprint density at radius 3 is 2.44 bits per heavy atom. The van der Waals surface area contributed by atoms with Crippen molar-refractivity contribution < 1.29 is 14.7 Å². The number of carbonyl (C=O) groups excluding carboxylic acids is 1. The summed E-state index contributed by atoms with van der Waals surface area (Å²) in [7, 11) is 0. The van der Waals surface area contributed by atoms with Crippen LogP contribution in [0.1, 0.15) is 86.3 Å². The second-order valence-corrected chi connectivity index (χ2v) is 11.2. The molecule has 0 spiro atoms. The van der Waals surface area contributed by atoms with Crippen molar-refractivity contribution in [2.75, 3.05) is 6.54 Å². The van der Waals surface area contributed by atoms with Crippen LogP contribution in [-0.4, -0.2) is 32.9 Å². The van der Waals surface area contributed by atoms with Gasteiger partial charge in [0, 0.05) is 18.7 Å². The Bertz CT molecular complexity index is 1020. The SMILES string of the molecule is O=C(NCC12CC3CC(CC(C3)C1)C2)c1cccc2nc([C@H]3CCCC[C@H]3C(=O)O)cn12. The molecule has 6 nitrogen and oxygen atoms in total. The molecule has 2 aromatic rings. The van der Waals surface area contributed by atoms with Crippen LogP contribution in [0.15, 0.2) is 24.4 Å². The molecule has 0 aromatic carbocycles. The number of pyridine rings is 1. The Hall–Kier alpha value is -2.37. The highest BCUT2D eigenvalue weighted by atomic mass is 16.4. The maximum Gasteiger partial charge on any atom is 0.307 e. The normalized spacial score (nSPS) is 35.8. The van der Waals surface area contributed by atoms with Crippen molar-refractivity contribution in [3.8, 4) is 0 Å². The fraction of sp³-hybridized carbons (Fsp3) is 0.654. The van der Waals surface area contributed by atoms with E-state index in [1.165, 1.54) is 38.5 Å². The van der Waals surface area contributed by atoms with Crippen LogP contribution in [0.3, 0.4) is 0 Å². The van der Waals surface area contributed by atoms with E-state index in [0.29, 0.717) is 17.5 Å². The number of fused-ring (bicyclic) bond motifs is 1. The molecular weight excluding hydrogens is 402 g/mol. The van der Waals surface area contributed by atoms with Gasteiger partial charge in [0.1, 0.15) is 11.3 Å². The van der Waals surface area contributed by atoms with Crippen LogP contribution in [-0.2, 0) is 4.79 Å². The molecule has 5 fully saturated rings. The van der Waals surface area contributed by atoms with E-state index in [1.807, 2.05) is 28.8 Å². The molecule has 0 saturated heterocycles. The van der Waals surface area contributed by atoms with E-state index in [4.69, 9.17) is 4.98 Å². The third-order valence-electron chi connectivity index (χ3n) is 9.00. The van der Waals surface area contributed by atoms with E-state index in [2.05, 4.69) is 5.32 Å². The molecule has 5 saturated carbocycles. The van der Waals surface area contributed by atoms with E-state index in [-0.39, 0.29) is 17.7 Å². The molecule has 5 aliphatic carbocycles. The Morgan fingerprint density at radius 1 is 1.06 bits per heavy atom. The minimum atomic E-state index is -0.736. The monoisotopic (exact) mass is 435 g/mol. The van der Waals surface area contributed by atoms with Crippen molar-refractivity contribution in [3.63, 3.8) is 0 Å². The lowest BCUT2D eigenvalue weighted by atomic mass is 9.49. The van der Waals surface area contributed by atoms with Crippen molar-refractivity contribution in [3.05, 3.63) is 35.8 Å². The number of hydrogen-bond acceptors (Lipinski definition) is 3. The summed E-state index contributed by atoms with van der Waals surface area (Å²) in [6.45, 7) is 0.775. The number of carboxylic acid groups (broad SMARTS) is 1. The molecule has 2 aromatic heterocycles. The lowest BCUT2D eigenvalue weighted by molar-refractivity contribution is -0.143. The molecule has 2 heterocycles. The molecule has 2 atom stereocenters. The number of rotatable bonds is 5. The summed E-state index contributed by atoms with van der Waals surface area (Å²) in [5, 5.41) is 13.0. The molecular formula is C26H33N3O3. The van der Waals surface area contributed by atoms with Crippen molar-refractivity contribution in [2.24, 2.45) is 29.1 Å². The summed E-state index contributed by atoms with van der Waals surface area (Å²) in [5.74, 6) is 1.36. The van der Waals surface area contributed by atoms with E-state index in [1.54, 1.807) is 0 Å². The number of nitrogens with zero attached hydrogens (tertiary/aromatic N) is 2. The van der Waals surface area contributed by atoms with Crippen molar-refractivity contribution in [1.29, 1.82) is 0 Å². The number of aliphatic carboxylic acids is 1. The second-order valence-electron chi connectivity index (χ2n) is 11.2. The largest absolute Gasteiger partial charge is 0.481 e. The van der Waals surface area contributed by atoms with E-state index < -0.39 is 5.97 Å². The van der Waals surface area contributed by atoms with Gasteiger partial charge in [-0.1, -0.05) is 18.9 Å². The van der Waals surface area contributed by atoms with Crippen LogP contribution in [0, 0.1) is 29.1 Å². The van der Waals surface area contributed by atoms with E-state index in [0.717, 1.165) is 54.9 Å². The van der Waals surface area contributed by atoms with Crippen LogP contribution in [0.4, 0.5) is 0 Å². The summed E-state index contributed by atoms with van der Waals surface area (Å²) < 4.78 is 1.86. The van der Waals surface area contributed by atoms with Gasteiger partial charge in [-0.3, -0.25) is 14.0 Å². The highest BCUT2D eigenvalue weighted by Crippen LogP contribution is 2.59. The minimum Gasteiger partial charge on any atom is -0.481 e. The van der Waals surface area contributed by atoms with E-state index >= 15 is 0 Å². The van der Waals surface area contributed by atoms with Gasteiger partial charge in [-0.25, -0.2) is 4.98 Å². The van der Waals surface area contributed by atoms with Gasteiger partial charge in [0.2, 0.25) is 0 Å². The van der Waals surface area contributed by atoms with Gasteiger partial charge in [0.25, 0.3) is 5.91 Å². The number of carbonyl (C=O) groups is 2. The average molecular weight is 436 g/mol. The van der Waals surface area contributed by atoms with Gasteiger partial charge in [-0.15, -0.1) is 0 Å². The minimum absolute atomic E-state index is 0.0475. The summed E-state index contributed by atoms with van der Waals surface area (Å²) >= 11 is 0. The number of carboxylic acids is 1. The first kappa shape index (κ1) is 20.3. The van der Waals surface area contributed by atoms with Crippen LogP contribution >= 0.6 is 0 Å². The number of aromatic nitrogens is 2. The van der Waals surface area contributed by atoms with Crippen LogP contribution < -0.4 is 5.32 Å². The Morgan fingerprint density at radius 2 is 1.75 bits per heavy atom. The fourth-order valence-electron chi connectivity index (χ4n) is 8.04. The highest BCUT2D eigenvalue weighted by Gasteiger charge is 2.50.